The van der Waals surface area contributed by atoms with Crippen LogP contribution in [0.2, 0.25) is 0 Å². The van der Waals surface area contributed by atoms with E-state index in [0.717, 1.165) is 37.8 Å². The summed E-state index contributed by atoms with van der Waals surface area (Å²) < 4.78 is 2.20. The van der Waals surface area contributed by atoms with E-state index in [1.807, 2.05) is 14.1 Å². The Bertz CT molecular complexity index is 291. The molecular weight excluding hydrogens is 166 g/mol. The van der Waals surface area contributed by atoms with Crippen LogP contribution in [-0.4, -0.2) is 40.3 Å². The van der Waals surface area contributed by atoms with Gasteiger partial charge in [-0.2, -0.15) is 0 Å². The molecule has 0 bridgehead atoms. The van der Waals surface area contributed by atoms with Crippen molar-refractivity contribution in [2.24, 2.45) is 0 Å². The predicted molar refractivity (Wildman–Crippen MR) is 49.1 cm³/mol. The van der Waals surface area contributed by atoms with Crippen molar-refractivity contribution in [1.29, 1.82) is 0 Å². The van der Waals surface area contributed by atoms with Crippen molar-refractivity contribution in [2.45, 2.75) is 19.6 Å². The second-order valence-corrected chi connectivity index (χ2v) is 3.60. The van der Waals surface area contributed by atoms with Gasteiger partial charge in [0.1, 0.15) is 11.6 Å². The van der Waals surface area contributed by atoms with Gasteiger partial charge >= 0.3 is 0 Å². The fourth-order valence-corrected chi connectivity index (χ4v) is 1.55. The smallest absolute Gasteiger partial charge is 0.147 e. The Morgan fingerprint density at radius 3 is 3.08 bits per heavy atom. The van der Waals surface area contributed by atoms with Crippen molar-refractivity contribution in [3.05, 3.63) is 11.6 Å². The quantitative estimate of drug-likeness (QED) is 0.664. The van der Waals surface area contributed by atoms with Crippen LogP contribution in [0.1, 0.15) is 11.6 Å². The van der Waals surface area contributed by atoms with Crippen molar-refractivity contribution in [3.63, 3.8) is 0 Å². The molecule has 1 aliphatic heterocycles. The number of nitrogens with zero attached hydrogens (tertiary/aromatic N) is 4. The Kier molecular flexibility index (Phi) is 2.28. The summed E-state index contributed by atoms with van der Waals surface area (Å²) in [7, 11) is 4.09. The van der Waals surface area contributed by atoms with Gasteiger partial charge in [0.2, 0.25) is 0 Å². The number of rotatable bonds is 2. The molecule has 0 radical (unpaired) electrons. The maximum absolute atomic E-state index is 4.17. The van der Waals surface area contributed by atoms with Gasteiger partial charge in [-0.25, -0.2) is 0 Å². The highest BCUT2D eigenvalue weighted by Gasteiger charge is 2.14. The molecule has 0 saturated heterocycles. The van der Waals surface area contributed by atoms with Crippen molar-refractivity contribution in [3.8, 4) is 0 Å². The van der Waals surface area contributed by atoms with Crippen LogP contribution < -0.4 is 5.32 Å². The van der Waals surface area contributed by atoms with Crippen LogP contribution in [0.3, 0.4) is 0 Å². The van der Waals surface area contributed by atoms with E-state index < -0.39 is 0 Å². The fourth-order valence-electron chi connectivity index (χ4n) is 1.55. The summed E-state index contributed by atoms with van der Waals surface area (Å²) in [6.07, 6.45) is 0. The van der Waals surface area contributed by atoms with E-state index in [2.05, 4.69) is 25.0 Å². The molecule has 2 heterocycles. The lowest BCUT2D eigenvalue weighted by molar-refractivity contribution is 0.373. The lowest BCUT2D eigenvalue weighted by atomic mass is 10.4. The van der Waals surface area contributed by atoms with Gasteiger partial charge in [-0.3, -0.25) is 0 Å². The average molecular weight is 181 g/mol. The summed E-state index contributed by atoms with van der Waals surface area (Å²) in [5.74, 6) is 2.13. The third-order valence-corrected chi connectivity index (χ3v) is 2.16. The normalized spacial score (nSPS) is 16.2. The van der Waals surface area contributed by atoms with Crippen LogP contribution in [0.25, 0.3) is 0 Å². The summed E-state index contributed by atoms with van der Waals surface area (Å²) in [5.41, 5.74) is 0. The number of hydrogen-bond donors (Lipinski definition) is 1. The standard InChI is InChI=1S/C8H15N5/c1-12(2)6-8-11-10-7-5-9-3-4-13(7)8/h9H,3-6H2,1-2H3. The minimum atomic E-state index is 0.848. The van der Waals surface area contributed by atoms with Crippen LogP contribution in [0.4, 0.5) is 0 Å². The van der Waals surface area contributed by atoms with Gasteiger partial charge in [0.15, 0.2) is 0 Å². The predicted octanol–water partition coefficient (Wildman–Crippen LogP) is -0.557. The highest BCUT2D eigenvalue weighted by molar-refractivity contribution is 4.98. The van der Waals surface area contributed by atoms with E-state index >= 15 is 0 Å². The molecule has 72 valence electrons. The van der Waals surface area contributed by atoms with Gasteiger partial charge in [-0.05, 0) is 14.1 Å². The second-order valence-electron chi connectivity index (χ2n) is 3.60. The maximum atomic E-state index is 4.17. The zero-order chi connectivity index (χ0) is 9.26. The summed E-state index contributed by atoms with van der Waals surface area (Å²) in [6, 6.07) is 0. The van der Waals surface area contributed by atoms with Crippen LogP contribution in [-0.2, 0) is 19.6 Å². The van der Waals surface area contributed by atoms with E-state index in [0.29, 0.717) is 0 Å². The van der Waals surface area contributed by atoms with Crippen molar-refractivity contribution in [1.82, 2.24) is 25.0 Å². The van der Waals surface area contributed by atoms with E-state index in [-0.39, 0.29) is 0 Å². The first kappa shape index (κ1) is 8.65. The van der Waals surface area contributed by atoms with Gasteiger partial charge in [0, 0.05) is 13.1 Å². The molecule has 0 atom stereocenters. The summed E-state index contributed by atoms with van der Waals surface area (Å²) in [5, 5.41) is 11.6. The molecule has 0 saturated carbocycles. The van der Waals surface area contributed by atoms with Gasteiger partial charge in [0.25, 0.3) is 0 Å². The number of hydrogen-bond acceptors (Lipinski definition) is 4. The van der Waals surface area contributed by atoms with Gasteiger partial charge in [0.05, 0.1) is 13.1 Å². The summed E-state index contributed by atoms with van der Waals surface area (Å²) in [6.45, 7) is 3.73. The highest BCUT2D eigenvalue weighted by Crippen LogP contribution is 2.06. The highest BCUT2D eigenvalue weighted by atomic mass is 15.3. The molecule has 13 heavy (non-hydrogen) atoms. The van der Waals surface area contributed by atoms with Crippen LogP contribution in [0.15, 0.2) is 0 Å². The molecule has 0 spiro atoms. The third-order valence-electron chi connectivity index (χ3n) is 2.16. The minimum Gasteiger partial charge on any atom is -0.312 e. The summed E-state index contributed by atoms with van der Waals surface area (Å²) in [4.78, 5) is 2.11. The van der Waals surface area contributed by atoms with Gasteiger partial charge in [-0.15, -0.1) is 10.2 Å². The van der Waals surface area contributed by atoms with Crippen molar-refractivity contribution in [2.75, 3.05) is 20.6 Å². The third kappa shape index (κ3) is 1.71. The average Bonchev–Trinajstić information content (AvgIpc) is 2.48. The first-order valence-electron chi connectivity index (χ1n) is 4.54. The molecule has 5 heteroatoms. The molecule has 0 aromatic carbocycles. The van der Waals surface area contributed by atoms with Gasteiger partial charge < -0.3 is 14.8 Å². The largest absolute Gasteiger partial charge is 0.312 e. The lowest BCUT2D eigenvalue weighted by Gasteiger charge is -2.17. The maximum Gasteiger partial charge on any atom is 0.147 e. The van der Waals surface area contributed by atoms with E-state index in [4.69, 9.17) is 0 Å². The van der Waals surface area contributed by atoms with Crippen LogP contribution in [0.5, 0.6) is 0 Å². The monoisotopic (exact) mass is 181 g/mol. The van der Waals surface area contributed by atoms with E-state index in [1.165, 1.54) is 0 Å². The zero-order valence-corrected chi connectivity index (χ0v) is 8.12. The molecule has 2 rings (SSSR count). The zero-order valence-electron chi connectivity index (χ0n) is 8.12. The Labute approximate surface area is 77.8 Å². The molecule has 0 aliphatic carbocycles. The first-order chi connectivity index (χ1) is 6.27. The molecule has 1 aliphatic rings. The molecule has 1 aromatic heterocycles. The Hall–Kier alpha value is -0.940. The Morgan fingerprint density at radius 2 is 2.31 bits per heavy atom. The molecule has 1 aromatic rings. The summed E-state index contributed by atoms with van der Waals surface area (Å²) >= 11 is 0. The SMILES string of the molecule is CN(C)Cc1nnc2n1CCNC2. The molecule has 0 unspecified atom stereocenters. The molecule has 1 N–H and O–H groups in total. The van der Waals surface area contributed by atoms with Crippen molar-refractivity contribution < 1.29 is 0 Å². The second kappa shape index (κ2) is 3.43. The first-order valence-corrected chi connectivity index (χ1v) is 4.54. The molecular formula is C8H15N5. The number of fused-ring (bicyclic) bond motifs is 1. The minimum absolute atomic E-state index is 0.848. The number of aromatic nitrogens is 3. The lowest BCUT2D eigenvalue weighted by Crippen LogP contribution is -2.30. The van der Waals surface area contributed by atoms with Crippen LogP contribution >= 0.6 is 0 Å². The fraction of sp³-hybridized carbons (Fsp3) is 0.750. The molecule has 0 amide bonds. The Morgan fingerprint density at radius 1 is 1.46 bits per heavy atom. The van der Waals surface area contributed by atoms with Crippen molar-refractivity contribution >= 4 is 0 Å². The van der Waals surface area contributed by atoms with Gasteiger partial charge in [-0.1, -0.05) is 0 Å². The van der Waals surface area contributed by atoms with Crippen LogP contribution in [0, 0.1) is 0 Å². The molecule has 0 fully saturated rings. The van der Waals surface area contributed by atoms with E-state index in [1.54, 1.807) is 0 Å². The Balaban J connectivity index is 2.21. The molecule has 5 nitrogen and oxygen atoms in total. The van der Waals surface area contributed by atoms with E-state index in [9.17, 15) is 0 Å². The number of nitrogens with one attached hydrogen (secondary N) is 1. The topological polar surface area (TPSA) is 46.0 Å².